The van der Waals surface area contributed by atoms with Crippen LogP contribution in [0, 0.1) is 17.0 Å². The molecule has 1 N–H and O–H groups in total. The summed E-state index contributed by atoms with van der Waals surface area (Å²) in [4.78, 5) is 2.31. The molecule has 2 heterocycles. The van der Waals surface area contributed by atoms with Crippen LogP contribution >= 0.6 is 12.4 Å². The molecular weight excluding hydrogens is 282 g/mol. The van der Waals surface area contributed by atoms with Crippen molar-refractivity contribution < 1.29 is 8.78 Å². The number of hydrogen-bond donors (Lipinski definition) is 1. The van der Waals surface area contributed by atoms with Gasteiger partial charge in [-0.3, -0.25) is 4.90 Å². The van der Waals surface area contributed by atoms with Gasteiger partial charge >= 0.3 is 0 Å². The Morgan fingerprint density at radius 3 is 2.60 bits per heavy atom. The lowest BCUT2D eigenvalue weighted by Gasteiger charge is -2.34. The average Bonchev–Trinajstić information content (AvgIpc) is 2.77. The van der Waals surface area contributed by atoms with Crippen molar-refractivity contribution in [3.8, 4) is 0 Å². The fourth-order valence-corrected chi connectivity index (χ4v) is 3.42. The predicted molar refractivity (Wildman–Crippen MR) is 78.0 cm³/mol. The Morgan fingerprint density at radius 1 is 1.15 bits per heavy atom. The summed E-state index contributed by atoms with van der Waals surface area (Å²) in [5.41, 5.74) is 1.04. The van der Waals surface area contributed by atoms with Gasteiger partial charge in [0.2, 0.25) is 0 Å². The number of nitrogens with one attached hydrogen (secondary N) is 1. The summed E-state index contributed by atoms with van der Waals surface area (Å²) in [5, 5.41) is 3.40. The summed E-state index contributed by atoms with van der Waals surface area (Å²) in [6.07, 6.45) is 3.64. The van der Waals surface area contributed by atoms with Crippen molar-refractivity contribution in [1.29, 1.82) is 0 Å². The molecule has 0 atom stereocenters. The van der Waals surface area contributed by atoms with Crippen molar-refractivity contribution in [3.05, 3.63) is 35.4 Å². The van der Waals surface area contributed by atoms with Gasteiger partial charge in [-0.15, -0.1) is 12.4 Å². The molecule has 0 amide bonds. The third-order valence-electron chi connectivity index (χ3n) is 4.59. The minimum absolute atomic E-state index is 0. The van der Waals surface area contributed by atoms with E-state index in [0.29, 0.717) is 17.5 Å². The molecule has 2 saturated heterocycles. The summed E-state index contributed by atoms with van der Waals surface area (Å²) in [7, 11) is 0. The number of halogens is 3. The van der Waals surface area contributed by atoms with Crippen LogP contribution in [0.25, 0.3) is 0 Å². The van der Waals surface area contributed by atoms with Crippen molar-refractivity contribution in [3.63, 3.8) is 0 Å². The van der Waals surface area contributed by atoms with Gasteiger partial charge in [-0.25, -0.2) is 8.78 Å². The van der Waals surface area contributed by atoms with E-state index in [2.05, 4.69) is 10.2 Å². The molecule has 2 aliphatic heterocycles. The van der Waals surface area contributed by atoms with Crippen LogP contribution in [0.3, 0.4) is 0 Å². The smallest absolute Gasteiger partial charge is 0.130 e. The maximum Gasteiger partial charge on any atom is 0.130 e. The van der Waals surface area contributed by atoms with Crippen LogP contribution in [0.1, 0.15) is 24.8 Å². The van der Waals surface area contributed by atoms with Gasteiger partial charge in [0.05, 0.1) is 0 Å². The Labute approximate surface area is 124 Å². The normalized spacial score (nSPS) is 21.9. The molecule has 0 radical (unpaired) electrons. The summed E-state index contributed by atoms with van der Waals surface area (Å²) in [6, 6.07) is 3.89. The van der Waals surface area contributed by atoms with E-state index in [-0.39, 0.29) is 12.4 Å². The van der Waals surface area contributed by atoms with E-state index >= 15 is 0 Å². The van der Waals surface area contributed by atoms with Crippen molar-refractivity contribution in [2.24, 2.45) is 5.41 Å². The third-order valence-corrected chi connectivity index (χ3v) is 4.59. The fourth-order valence-electron chi connectivity index (χ4n) is 3.42. The lowest BCUT2D eigenvalue weighted by molar-refractivity contribution is 0.193. The van der Waals surface area contributed by atoms with Crippen molar-refractivity contribution in [2.75, 3.05) is 26.2 Å². The maximum atomic E-state index is 13.7. The van der Waals surface area contributed by atoms with Gasteiger partial charge in [-0.2, -0.15) is 0 Å². The molecule has 0 aliphatic carbocycles. The van der Waals surface area contributed by atoms with E-state index in [4.69, 9.17) is 0 Å². The molecule has 20 heavy (non-hydrogen) atoms. The highest BCUT2D eigenvalue weighted by Gasteiger charge is 2.38. The number of nitrogens with zero attached hydrogens (tertiary/aromatic N) is 1. The van der Waals surface area contributed by atoms with Crippen molar-refractivity contribution in [2.45, 2.75) is 25.8 Å². The third kappa shape index (κ3) is 3.30. The number of piperidine rings is 1. The number of rotatable bonds is 2. The first-order valence-electron chi connectivity index (χ1n) is 7.04. The number of likely N-dealkylation sites (tertiary alicyclic amines) is 1. The van der Waals surface area contributed by atoms with E-state index in [0.717, 1.165) is 32.2 Å². The lowest BCUT2D eigenvalue weighted by Crippen LogP contribution is -2.38. The lowest BCUT2D eigenvalue weighted by atomic mass is 9.78. The first kappa shape index (κ1) is 15.7. The van der Waals surface area contributed by atoms with Crippen LogP contribution in [0.2, 0.25) is 0 Å². The second kappa shape index (κ2) is 6.37. The standard InChI is InChI=1S/C15H20F2N2.ClH/c16-13-2-1-12(14(17)9-13)10-19-8-5-15(11-19)3-6-18-7-4-15;/h1-2,9,18H,3-8,10-11H2;1H. The van der Waals surface area contributed by atoms with Crippen LogP contribution in [0.4, 0.5) is 8.78 Å². The summed E-state index contributed by atoms with van der Waals surface area (Å²) < 4.78 is 26.5. The van der Waals surface area contributed by atoms with E-state index in [9.17, 15) is 8.78 Å². The molecule has 1 spiro atoms. The first-order valence-corrected chi connectivity index (χ1v) is 7.04. The molecule has 2 aliphatic rings. The van der Waals surface area contributed by atoms with Gasteiger partial charge in [0.1, 0.15) is 11.6 Å². The van der Waals surface area contributed by atoms with Crippen molar-refractivity contribution in [1.82, 2.24) is 10.2 Å². The molecular formula is C15H21ClF2N2. The molecule has 5 heteroatoms. The molecule has 1 aromatic rings. The molecule has 1 aromatic carbocycles. The largest absolute Gasteiger partial charge is 0.317 e. The second-order valence-electron chi connectivity index (χ2n) is 5.95. The van der Waals surface area contributed by atoms with E-state index in [1.165, 1.54) is 25.3 Å². The fraction of sp³-hybridized carbons (Fsp3) is 0.600. The quantitative estimate of drug-likeness (QED) is 0.903. The highest BCUT2D eigenvalue weighted by atomic mass is 35.5. The number of benzene rings is 1. The van der Waals surface area contributed by atoms with Crippen LogP contribution in [0.5, 0.6) is 0 Å². The van der Waals surface area contributed by atoms with E-state index in [1.807, 2.05) is 0 Å². The molecule has 3 rings (SSSR count). The Hall–Kier alpha value is -0.710. The SMILES string of the molecule is Cl.Fc1ccc(CN2CCC3(CCNCC3)C2)c(F)c1. The minimum Gasteiger partial charge on any atom is -0.317 e. The second-order valence-corrected chi connectivity index (χ2v) is 5.95. The Bertz CT molecular complexity index is 461. The Kier molecular flexibility index (Phi) is 4.99. The average molecular weight is 303 g/mol. The zero-order valence-corrected chi connectivity index (χ0v) is 12.3. The molecule has 2 fully saturated rings. The Morgan fingerprint density at radius 2 is 1.90 bits per heavy atom. The molecule has 2 nitrogen and oxygen atoms in total. The zero-order chi connectivity index (χ0) is 13.3. The van der Waals surface area contributed by atoms with Crippen LogP contribution in [-0.4, -0.2) is 31.1 Å². The van der Waals surface area contributed by atoms with Gasteiger partial charge in [0.15, 0.2) is 0 Å². The summed E-state index contributed by atoms with van der Waals surface area (Å²) in [5.74, 6) is -0.927. The minimum atomic E-state index is -0.502. The van der Waals surface area contributed by atoms with Gasteiger partial charge < -0.3 is 5.32 Å². The summed E-state index contributed by atoms with van der Waals surface area (Å²) in [6.45, 7) is 4.86. The van der Waals surface area contributed by atoms with Gasteiger partial charge in [-0.1, -0.05) is 6.07 Å². The molecule has 0 saturated carbocycles. The van der Waals surface area contributed by atoms with Gasteiger partial charge in [-0.05, 0) is 50.4 Å². The van der Waals surface area contributed by atoms with Crippen LogP contribution in [-0.2, 0) is 6.54 Å². The number of hydrogen-bond acceptors (Lipinski definition) is 2. The molecule has 0 aromatic heterocycles. The predicted octanol–water partition coefficient (Wildman–Crippen LogP) is 2.96. The first-order chi connectivity index (χ1) is 9.17. The van der Waals surface area contributed by atoms with Gasteiger partial charge in [0, 0.05) is 24.7 Å². The topological polar surface area (TPSA) is 15.3 Å². The molecule has 0 bridgehead atoms. The van der Waals surface area contributed by atoms with E-state index < -0.39 is 11.6 Å². The Balaban J connectivity index is 0.00000147. The van der Waals surface area contributed by atoms with E-state index in [1.54, 1.807) is 6.07 Å². The van der Waals surface area contributed by atoms with Crippen LogP contribution in [0.15, 0.2) is 18.2 Å². The van der Waals surface area contributed by atoms with Crippen molar-refractivity contribution >= 4 is 12.4 Å². The van der Waals surface area contributed by atoms with Crippen LogP contribution < -0.4 is 5.32 Å². The monoisotopic (exact) mass is 302 g/mol. The zero-order valence-electron chi connectivity index (χ0n) is 11.5. The highest BCUT2D eigenvalue weighted by molar-refractivity contribution is 5.85. The highest BCUT2D eigenvalue weighted by Crippen LogP contribution is 2.39. The summed E-state index contributed by atoms with van der Waals surface area (Å²) >= 11 is 0. The molecule has 0 unspecified atom stereocenters. The maximum absolute atomic E-state index is 13.7. The molecule has 112 valence electrons. The van der Waals surface area contributed by atoms with Gasteiger partial charge in [0.25, 0.3) is 0 Å².